The second kappa shape index (κ2) is 10.2. The van der Waals surface area contributed by atoms with Gasteiger partial charge in [0.15, 0.2) is 5.92 Å². The number of nitrogens with zero attached hydrogens (tertiary/aromatic N) is 4. The van der Waals surface area contributed by atoms with Gasteiger partial charge in [-0.3, -0.25) is 28.5 Å². The Hall–Kier alpha value is -3.80. The minimum Gasteiger partial charge on any atom is -0.465 e. The highest BCUT2D eigenvalue weighted by Gasteiger charge is 2.45. The molecule has 0 aliphatic carbocycles. The number of urea groups is 1. The highest BCUT2D eigenvalue weighted by atomic mass is 35.5. The van der Waals surface area contributed by atoms with Gasteiger partial charge in [0.2, 0.25) is 5.91 Å². The van der Waals surface area contributed by atoms with E-state index in [0.717, 1.165) is 17.0 Å². The van der Waals surface area contributed by atoms with Crippen molar-refractivity contribution in [3.63, 3.8) is 0 Å². The summed E-state index contributed by atoms with van der Waals surface area (Å²) in [6.07, 6.45) is -4.85. The Morgan fingerprint density at radius 2 is 1.82 bits per heavy atom. The molecule has 38 heavy (non-hydrogen) atoms. The average molecular weight is 553 g/mol. The zero-order valence-corrected chi connectivity index (χ0v) is 21.5. The number of halogens is 4. The van der Waals surface area contributed by atoms with E-state index >= 15 is 0 Å². The molecule has 1 aliphatic heterocycles. The van der Waals surface area contributed by atoms with Crippen LogP contribution in [0.2, 0.25) is 5.02 Å². The summed E-state index contributed by atoms with van der Waals surface area (Å²) >= 11 is 5.83. The number of hydrogen-bond acceptors (Lipinski definition) is 5. The molecule has 0 bridgehead atoms. The van der Waals surface area contributed by atoms with Gasteiger partial charge in [0.1, 0.15) is 0 Å². The summed E-state index contributed by atoms with van der Waals surface area (Å²) in [5.41, 5.74) is -0.501. The Morgan fingerprint density at radius 3 is 2.45 bits per heavy atom. The molecule has 2 aromatic carbocycles. The maximum Gasteiger partial charge on any atom is 0.418 e. The number of aromatic nitrogens is 2. The Balaban J connectivity index is 1.82. The van der Waals surface area contributed by atoms with Gasteiger partial charge in [0.25, 0.3) is 0 Å². The first-order valence-electron chi connectivity index (χ1n) is 11.7. The molecule has 1 atom stereocenters. The van der Waals surface area contributed by atoms with Gasteiger partial charge in [-0.15, -0.1) is 0 Å². The fourth-order valence-corrected chi connectivity index (χ4v) is 4.91. The van der Waals surface area contributed by atoms with Crippen LogP contribution < -0.4 is 10.6 Å². The molecule has 3 amide bonds. The molecule has 2 heterocycles. The summed E-state index contributed by atoms with van der Waals surface area (Å²) in [6, 6.07) is 7.24. The SMILES string of the molecule is CCOC(=O)C1CN(c2ccc3c(c2)n(CC)c(=O)n3C)C(=O)N(Cc2cccc(Cl)c2C(F)(F)F)C1=O. The lowest BCUT2D eigenvalue weighted by Crippen LogP contribution is -2.58. The van der Waals surface area contributed by atoms with Gasteiger partial charge in [0, 0.05) is 19.3 Å². The number of ether oxygens (including phenoxy) is 1. The van der Waals surface area contributed by atoms with Crippen molar-refractivity contribution in [2.75, 3.05) is 18.1 Å². The molecule has 1 unspecified atom stereocenters. The van der Waals surface area contributed by atoms with Crippen molar-refractivity contribution in [2.45, 2.75) is 33.1 Å². The highest BCUT2D eigenvalue weighted by molar-refractivity contribution is 6.31. The lowest BCUT2D eigenvalue weighted by Gasteiger charge is -2.38. The van der Waals surface area contributed by atoms with Crippen LogP contribution in [0.25, 0.3) is 11.0 Å². The van der Waals surface area contributed by atoms with E-state index in [9.17, 15) is 32.3 Å². The third kappa shape index (κ3) is 4.64. The van der Waals surface area contributed by atoms with E-state index in [-0.39, 0.29) is 24.5 Å². The maximum absolute atomic E-state index is 13.8. The van der Waals surface area contributed by atoms with E-state index in [0.29, 0.717) is 22.5 Å². The smallest absolute Gasteiger partial charge is 0.418 e. The second-order valence-electron chi connectivity index (χ2n) is 8.65. The monoisotopic (exact) mass is 552 g/mol. The Labute approximate surface area is 219 Å². The molecule has 4 rings (SSSR count). The summed E-state index contributed by atoms with van der Waals surface area (Å²) in [4.78, 5) is 53.8. The molecule has 0 saturated carbocycles. The predicted molar refractivity (Wildman–Crippen MR) is 133 cm³/mol. The van der Waals surface area contributed by atoms with E-state index in [2.05, 4.69) is 0 Å². The van der Waals surface area contributed by atoms with Gasteiger partial charge in [0.05, 0.1) is 41.3 Å². The number of carbonyl (C=O) groups is 3. The van der Waals surface area contributed by atoms with Gasteiger partial charge in [-0.05, 0) is 43.7 Å². The van der Waals surface area contributed by atoms with Crippen molar-refractivity contribution < 1.29 is 32.3 Å². The number of fused-ring (bicyclic) bond motifs is 1. The minimum atomic E-state index is -4.85. The van der Waals surface area contributed by atoms with Crippen molar-refractivity contribution >= 4 is 46.2 Å². The number of carbonyl (C=O) groups excluding carboxylic acids is 3. The number of alkyl halides is 3. The van der Waals surface area contributed by atoms with Crippen LogP contribution in [0.1, 0.15) is 25.0 Å². The van der Waals surface area contributed by atoms with Crippen LogP contribution in [-0.2, 0) is 40.6 Å². The van der Waals surface area contributed by atoms with E-state index in [4.69, 9.17) is 16.3 Å². The standard InChI is InChI=1S/C25H24ClF3N4O5/c1-4-31-19-11-15(9-10-18(19)30(3)23(31)36)32-13-16(22(35)38-5-2)21(34)33(24(32)37)12-14-7-6-8-17(26)20(14)25(27,28)29/h6-11,16H,4-5,12-13H2,1-3H3. The van der Waals surface area contributed by atoms with Crippen LogP contribution in [0.4, 0.5) is 23.7 Å². The van der Waals surface area contributed by atoms with Gasteiger partial charge in [-0.25, -0.2) is 9.59 Å². The number of esters is 1. The molecule has 0 radical (unpaired) electrons. The lowest BCUT2D eigenvalue weighted by molar-refractivity contribution is -0.155. The van der Waals surface area contributed by atoms with Gasteiger partial charge < -0.3 is 4.74 Å². The quantitative estimate of drug-likeness (QED) is 0.338. The summed E-state index contributed by atoms with van der Waals surface area (Å²) in [6.45, 7) is 2.47. The van der Waals surface area contributed by atoms with Crippen molar-refractivity contribution in [3.8, 4) is 0 Å². The number of hydrogen-bond donors (Lipinski definition) is 0. The largest absolute Gasteiger partial charge is 0.465 e. The minimum absolute atomic E-state index is 0.0399. The summed E-state index contributed by atoms with van der Waals surface area (Å²) in [5.74, 6) is -3.36. The van der Waals surface area contributed by atoms with Crippen LogP contribution in [0.3, 0.4) is 0 Å². The number of imidazole rings is 1. The first-order chi connectivity index (χ1) is 17.9. The Kier molecular flexibility index (Phi) is 7.29. The van der Waals surface area contributed by atoms with Crippen molar-refractivity contribution in [1.82, 2.24) is 14.0 Å². The first-order valence-corrected chi connectivity index (χ1v) is 12.1. The van der Waals surface area contributed by atoms with E-state index in [1.807, 2.05) is 0 Å². The van der Waals surface area contributed by atoms with Crippen molar-refractivity contribution in [3.05, 3.63) is 63.0 Å². The van der Waals surface area contributed by atoms with E-state index in [1.54, 1.807) is 33.0 Å². The van der Waals surface area contributed by atoms with Gasteiger partial charge in [-0.1, -0.05) is 23.7 Å². The molecule has 0 spiro atoms. The maximum atomic E-state index is 13.8. The Bertz CT molecular complexity index is 1500. The number of benzene rings is 2. The molecule has 1 aromatic heterocycles. The molecule has 3 aromatic rings. The number of aryl methyl sites for hydroxylation is 2. The summed E-state index contributed by atoms with van der Waals surface area (Å²) in [5, 5.41) is -0.585. The lowest BCUT2D eigenvalue weighted by atomic mass is 10.0. The normalized spacial score (nSPS) is 16.4. The van der Waals surface area contributed by atoms with Crippen LogP contribution in [-0.4, -0.2) is 45.1 Å². The van der Waals surface area contributed by atoms with Crippen LogP contribution in [0.15, 0.2) is 41.2 Å². The predicted octanol–water partition coefficient (Wildman–Crippen LogP) is 4.18. The molecule has 1 saturated heterocycles. The van der Waals surface area contributed by atoms with Crippen LogP contribution in [0.5, 0.6) is 0 Å². The molecule has 1 fully saturated rings. The fourth-order valence-electron chi connectivity index (χ4n) is 4.61. The average Bonchev–Trinajstić information content (AvgIpc) is 3.09. The molecule has 0 N–H and O–H groups in total. The molecule has 202 valence electrons. The zero-order valence-electron chi connectivity index (χ0n) is 20.7. The number of amides is 3. The molecular formula is C25H24ClF3N4O5. The van der Waals surface area contributed by atoms with Gasteiger partial charge >= 0.3 is 23.9 Å². The third-order valence-corrected chi connectivity index (χ3v) is 6.75. The fraction of sp³-hybridized carbons (Fsp3) is 0.360. The molecule has 9 nitrogen and oxygen atoms in total. The van der Waals surface area contributed by atoms with Gasteiger partial charge in [-0.2, -0.15) is 13.2 Å². The number of rotatable bonds is 6. The van der Waals surface area contributed by atoms with Crippen molar-refractivity contribution in [1.29, 1.82) is 0 Å². The first kappa shape index (κ1) is 27.2. The summed E-state index contributed by atoms with van der Waals surface area (Å²) < 4.78 is 49.3. The van der Waals surface area contributed by atoms with E-state index < -0.39 is 52.7 Å². The zero-order chi connectivity index (χ0) is 27.9. The van der Waals surface area contributed by atoms with E-state index in [1.165, 1.54) is 21.3 Å². The second-order valence-corrected chi connectivity index (χ2v) is 9.06. The third-order valence-electron chi connectivity index (χ3n) is 6.43. The highest BCUT2D eigenvalue weighted by Crippen LogP contribution is 2.38. The van der Waals surface area contributed by atoms with Crippen molar-refractivity contribution in [2.24, 2.45) is 13.0 Å². The summed E-state index contributed by atoms with van der Waals surface area (Å²) in [7, 11) is 1.60. The molecule has 1 aliphatic rings. The number of imide groups is 1. The van der Waals surface area contributed by atoms with Crippen LogP contribution >= 0.6 is 11.6 Å². The topological polar surface area (TPSA) is 93.8 Å². The molecular weight excluding hydrogens is 529 g/mol. The molecule has 13 heteroatoms. The number of anilines is 1. The Morgan fingerprint density at radius 1 is 1.11 bits per heavy atom. The van der Waals surface area contributed by atoms with Crippen LogP contribution in [0, 0.1) is 5.92 Å².